The summed E-state index contributed by atoms with van der Waals surface area (Å²) < 4.78 is 12.8. The fraction of sp³-hybridized carbons (Fsp3) is 0.559. The topological polar surface area (TPSA) is 62.2 Å². The summed E-state index contributed by atoms with van der Waals surface area (Å²) in [5, 5.41) is 10.1. The van der Waals surface area contributed by atoms with E-state index in [1.165, 1.54) is 11.1 Å². The van der Waals surface area contributed by atoms with Crippen LogP contribution in [0.1, 0.15) is 56.2 Å². The number of likely N-dealkylation sites (tertiary alicyclic amines) is 1. The van der Waals surface area contributed by atoms with Crippen LogP contribution in [-0.4, -0.2) is 71.8 Å². The van der Waals surface area contributed by atoms with E-state index in [2.05, 4.69) is 42.7 Å². The Hall–Kier alpha value is -3.01. The standard InChI is InChI=1S/C34H40N2O4/c1-21(2)19-36(30(38)14-9-22-7-5-4-6-8-22)26-12-11-25-27-17-23-10-13-29(39-3)32-31(23)34(25,33(26)40-32)15-16-35(27)20-24-18-28(24)37/h4-8,10,13,21,24-28,33,37H,11-12,15-20H2,1-3H3/t24?,25-,26-,27+,28?,33-,34-/m0/s1. The van der Waals surface area contributed by atoms with Gasteiger partial charge in [0.25, 0.3) is 5.91 Å². The number of rotatable bonds is 6. The second-order valence-corrected chi connectivity index (χ2v) is 13.0. The van der Waals surface area contributed by atoms with E-state index in [1.807, 2.05) is 35.2 Å². The van der Waals surface area contributed by atoms with Crippen molar-refractivity contribution in [2.24, 2.45) is 17.8 Å². The third kappa shape index (κ3) is 4.04. The molecule has 3 fully saturated rings. The minimum absolute atomic E-state index is 0.0447. The maximum atomic E-state index is 13.8. The third-order valence-electron chi connectivity index (χ3n) is 10.3. The smallest absolute Gasteiger partial charge is 0.299 e. The number of aliphatic hydroxyl groups is 1. The molecule has 7 atom stereocenters. The van der Waals surface area contributed by atoms with E-state index < -0.39 is 0 Å². The van der Waals surface area contributed by atoms with Gasteiger partial charge in [-0.2, -0.15) is 0 Å². The molecule has 6 heteroatoms. The Kier molecular flexibility index (Phi) is 6.36. The molecule has 0 radical (unpaired) electrons. The number of piperidine rings is 1. The molecule has 2 aromatic carbocycles. The van der Waals surface area contributed by atoms with Crippen LogP contribution in [0.25, 0.3) is 0 Å². The zero-order valence-corrected chi connectivity index (χ0v) is 23.8. The molecule has 7 rings (SSSR count). The Bertz CT molecular complexity index is 1360. The van der Waals surface area contributed by atoms with Gasteiger partial charge in [-0.25, -0.2) is 0 Å². The lowest BCUT2D eigenvalue weighted by atomic mass is 9.51. The Morgan fingerprint density at radius 1 is 1.23 bits per heavy atom. The van der Waals surface area contributed by atoms with Crippen LogP contribution >= 0.6 is 0 Å². The molecule has 40 heavy (non-hydrogen) atoms. The Balaban J connectivity index is 1.27. The number of aliphatic hydroxyl groups excluding tert-OH is 1. The van der Waals surface area contributed by atoms with E-state index in [0.29, 0.717) is 30.3 Å². The van der Waals surface area contributed by atoms with Crippen LogP contribution in [0.3, 0.4) is 0 Å². The molecule has 6 nitrogen and oxygen atoms in total. The van der Waals surface area contributed by atoms with Gasteiger partial charge in [-0.3, -0.25) is 9.69 Å². The molecule has 5 aliphatic rings. The minimum Gasteiger partial charge on any atom is -0.493 e. The molecule has 2 heterocycles. The minimum atomic E-state index is -0.133. The van der Waals surface area contributed by atoms with Crippen molar-refractivity contribution in [1.82, 2.24) is 9.80 Å². The van der Waals surface area contributed by atoms with Crippen LogP contribution < -0.4 is 9.47 Å². The van der Waals surface area contributed by atoms with Crippen LogP contribution in [-0.2, 0) is 16.6 Å². The van der Waals surface area contributed by atoms with E-state index in [-0.39, 0.29) is 29.6 Å². The number of hydrogen-bond donors (Lipinski definition) is 1. The quantitative estimate of drug-likeness (QED) is 0.561. The number of hydrogen-bond acceptors (Lipinski definition) is 5. The lowest BCUT2D eigenvalue weighted by Crippen LogP contribution is -2.69. The predicted octanol–water partition coefficient (Wildman–Crippen LogP) is 4.02. The Morgan fingerprint density at radius 3 is 2.75 bits per heavy atom. The van der Waals surface area contributed by atoms with E-state index in [1.54, 1.807) is 7.11 Å². The highest BCUT2D eigenvalue weighted by Gasteiger charge is 2.67. The number of ether oxygens (including phenoxy) is 2. The molecule has 1 saturated heterocycles. The molecule has 2 aromatic rings. The Labute approximate surface area is 237 Å². The van der Waals surface area contributed by atoms with Crippen molar-refractivity contribution in [3.8, 4) is 23.3 Å². The SMILES string of the molecule is COc1ccc2c3c1O[C@H]1[C@@H](N(CC(C)C)C(=O)C#Cc4ccccc4)CC[C@H]4[C@@H](C2)N(CC2CC2O)CC[C@@]341. The second-order valence-electron chi connectivity index (χ2n) is 13.0. The molecule has 2 saturated carbocycles. The summed E-state index contributed by atoms with van der Waals surface area (Å²) in [4.78, 5) is 18.5. The van der Waals surface area contributed by atoms with Gasteiger partial charge >= 0.3 is 0 Å². The van der Waals surface area contributed by atoms with Gasteiger partial charge in [0, 0.05) is 47.5 Å². The van der Waals surface area contributed by atoms with Gasteiger partial charge in [0.15, 0.2) is 11.5 Å². The highest BCUT2D eigenvalue weighted by molar-refractivity contribution is 5.94. The first kappa shape index (κ1) is 25.9. The summed E-state index contributed by atoms with van der Waals surface area (Å²) in [5.41, 5.74) is 3.43. The van der Waals surface area contributed by atoms with Gasteiger partial charge in [-0.05, 0) is 74.2 Å². The fourth-order valence-electron chi connectivity index (χ4n) is 8.50. The number of carbonyl (C=O) groups excluding carboxylic acids is 1. The lowest BCUT2D eigenvalue weighted by Gasteiger charge is -2.60. The van der Waals surface area contributed by atoms with Crippen LogP contribution in [0, 0.1) is 29.6 Å². The molecule has 1 amide bonds. The molecule has 1 spiro atoms. The molecule has 1 N–H and O–H groups in total. The largest absolute Gasteiger partial charge is 0.493 e. The first-order chi connectivity index (χ1) is 19.4. The van der Waals surface area contributed by atoms with Crippen LogP contribution in [0.2, 0.25) is 0 Å². The van der Waals surface area contributed by atoms with Gasteiger partial charge in [-0.1, -0.05) is 44.0 Å². The first-order valence-electron chi connectivity index (χ1n) is 15.1. The highest BCUT2D eigenvalue weighted by atomic mass is 16.5. The van der Waals surface area contributed by atoms with Crippen molar-refractivity contribution in [3.63, 3.8) is 0 Å². The van der Waals surface area contributed by atoms with Gasteiger partial charge in [-0.15, -0.1) is 0 Å². The molecule has 210 valence electrons. The summed E-state index contributed by atoms with van der Waals surface area (Å²) in [6.45, 7) is 6.98. The maximum absolute atomic E-state index is 13.8. The number of carbonyl (C=O) groups is 1. The molecule has 3 aliphatic carbocycles. The average Bonchev–Trinajstić information content (AvgIpc) is 3.54. The van der Waals surface area contributed by atoms with Gasteiger partial charge < -0.3 is 19.5 Å². The van der Waals surface area contributed by atoms with Gasteiger partial charge in [0.05, 0.1) is 19.3 Å². The summed E-state index contributed by atoms with van der Waals surface area (Å²) in [6.07, 6.45) is 4.67. The predicted molar refractivity (Wildman–Crippen MR) is 153 cm³/mol. The maximum Gasteiger partial charge on any atom is 0.299 e. The zero-order valence-electron chi connectivity index (χ0n) is 23.8. The highest BCUT2D eigenvalue weighted by Crippen LogP contribution is 2.64. The molecule has 0 aromatic heterocycles. The average molecular weight is 541 g/mol. The second kappa shape index (κ2) is 9.82. The van der Waals surface area contributed by atoms with Crippen LogP contribution in [0.15, 0.2) is 42.5 Å². The Morgan fingerprint density at radius 2 is 2.02 bits per heavy atom. The van der Waals surface area contributed by atoms with E-state index in [9.17, 15) is 9.90 Å². The van der Waals surface area contributed by atoms with Gasteiger partial charge in [0.1, 0.15) is 6.10 Å². The van der Waals surface area contributed by atoms with Crippen LogP contribution in [0.4, 0.5) is 0 Å². The van der Waals surface area contributed by atoms with E-state index in [0.717, 1.165) is 62.3 Å². The van der Waals surface area contributed by atoms with Crippen molar-refractivity contribution in [3.05, 3.63) is 59.2 Å². The van der Waals surface area contributed by atoms with Crippen molar-refractivity contribution in [2.45, 2.75) is 75.7 Å². The van der Waals surface area contributed by atoms with E-state index >= 15 is 0 Å². The first-order valence-corrected chi connectivity index (χ1v) is 15.1. The van der Waals surface area contributed by atoms with E-state index in [4.69, 9.17) is 9.47 Å². The normalized spacial score (nSPS) is 32.9. The molecule has 2 unspecified atom stereocenters. The van der Waals surface area contributed by atoms with Crippen molar-refractivity contribution in [1.29, 1.82) is 0 Å². The molecule has 2 bridgehead atoms. The number of methoxy groups -OCH3 is 1. The lowest BCUT2D eigenvalue weighted by molar-refractivity contribution is -0.137. The van der Waals surface area contributed by atoms with Gasteiger partial charge in [0.2, 0.25) is 0 Å². The van der Waals surface area contributed by atoms with Crippen molar-refractivity contribution < 1.29 is 19.4 Å². The number of nitrogens with zero attached hydrogens (tertiary/aromatic N) is 2. The number of amides is 1. The fourth-order valence-corrected chi connectivity index (χ4v) is 8.50. The summed E-state index contributed by atoms with van der Waals surface area (Å²) in [5.74, 6) is 8.87. The number of benzene rings is 2. The summed E-state index contributed by atoms with van der Waals surface area (Å²) in [6, 6.07) is 14.4. The van der Waals surface area contributed by atoms with Crippen LogP contribution in [0.5, 0.6) is 11.5 Å². The molecule has 2 aliphatic heterocycles. The zero-order chi connectivity index (χ0) is 27.6. The third-order valence-corrected chi connectivity index (χ3v) is 10.3. The summed E-state index contributed by atoms with van der Waals surface area (Å²) >= 11 is 0. The summed E-state index contributed by atoms with van der Waals surface area (Å²) in [7, 11) is 1.72. The molecular weight excluding hydrogens is 500 g/mol. The van der Waals surface area contributed by atoms with Crippen molar-refractivity contribution in [2.75, 3.05) is 26.7 Å². The van der Waals surface area contributed by atoms with Crippen molar-refractivity contribution >= 4 is 5.91 Å². The monoisotopic (exact) mass is 540 g/mol. The molecular formula is C34H40N2O4.